The molecule has 1 fully saturated rings. The predicted molar refractivity (Wildman–Crippen MR) is 106 cm³/mol. The molecule has 1 heterocycles. The standard InChI is InChI=1S/C23H24N2O/c1-18-16-25(15-14-24(18)17-19-8-3-2-4-9-19)23(26)22-13-7-11-20-10-5-6-12-21(20)22/h2-13,18H,14-17H2,1H3. The number of amides is 1. The summed E-state index contributed by atoms with van der Waals surface area (Å²) in [6, 6.07) is 25.0. The van der Waals surface area contributed by atoms with Crippen molar-refractivity contribution in [1.29, 1.82) is 0 Å². The second-order valence-corrected chi connectivity index (χ2v) is 7.08. The van der Waals surface area contributed by atoms with Crippen molar-refractivity contribution in [1.82, 2.24) is 9.80 Å². The third-order valence-corrected chi connectivity index (χ3v) is 5.30. The highest BCUT2D eigenvalue weighted by Gasteiger charge is 2.27. The summed E-state index contributed by atoms with van der Waals surface area (Å²) in [5.74, 6) is 0.146. The number of carbonyl (C=O) groups excluding carboxylic acids is 1. The fourth-order valence-corrected chi connectivity index (χ4v) is 3.81. The molecule has 1 amide bonds. The van der Waals surface area contributed by atoms with Gasteiger partial charge in [-0.15, -0.1) is 0 Å². The summed E-state index contributed by atoms with van der Waals surface area (Å²) in [7, 11) is 0. The molecule has 4 rings (SSSR count). The largest absolute Gasteiger partial charge is 0.336 e. The summed E-state index contributed by atoms with van der Waals surface area (Å²) in [6.45, 7) is 5.62. The molecule has 0 aromatic heterocycles. The lowest BCUT2D eigenvalue weighted by atomic mass is 10.0. The van der Waals surface area contributed by atoms with Crippen LogP contribution in [0, 0.1) is 0 Å². The van der Waals surface area contributed by atoms with Crippen LogP contribution >= 0.6 is 0 Å². The van der Waals surface area contributed by atoms with Crippen molar-refractivity contribution in [3.63, 3.8) is 0 Å². The Balaban J connectivity index is 1.49. The number of carbonyl (C=O) groups is 1. The van der Waals surface area contributed by atoms with E-state index in [0.717, 1.165) is 42.5 Å². The Hall–Kier alpha value is -2.65. The Morgan fingerprint density at radius 1 is 0.923 bits per heavy atom. The summed E-state index contributed by atoms with van der Waals surface area (Å²) in [6.07, 6.45) is 0. The number of rotatable bonds is 3. The van der Waals surface area contributed by atoms with Gasteiger partial charge in [0.05, 0.1) is 0 Å². The third-order valence-electron chi connectivity index (χ3n) is 5.30. The quantitative estimate of drug-likeness (QED) is 0.711. The third kappa shape index (κ3) is 3.35. The zero-order valence-corrected chi connectivity index (χ0v) is 15.1. The fraction of sp³-hybridized carbons (Fsp3) is 0.261. The van der Waals surface area contributed by atoms with E-state index in [-0.39, 0.29) is 5.91 Å². The lowest BCUT2D eigenvalue weighted by molar-refractivity contribution is 0.0497. The molecule has 3 aromatic rings. The maximum Gasteiger partial charge on any atom is 0.254 e. The van der Waals surface area contributed by atoms with E-state index in [0.29, 0.717) is 6.04 Å². The highest BCUT2D eigenvalue weighted by Crippen LogP contribution is 2.22. The van der Waals surface area contributed by atoms with Gasteiger partial charge in [-0.05, 0) is 29.3 Å². The summed E-state index contributed by atoms with van der Waals surface area (Å²) < 4.78 is 0. The number of piperazine rings is 1. The molecule has 26 heavy (non-hydrogen) atoms. The minimum Gasteiger partial charge on any atom is -0.336 e. The van der Waals surface area contributed by atoms with Crippen molar-refractivity contribution in [2.45, 2.75) is 19.5 Å². The molecule has 3 nitrogen and oxygen atoms in total. The van der Waals surface area contributed by atoms with E-state index in [9.17, 15) is 4.79 Å². The van der Waals surface area contributed by atoms with Crippen LogP contribution in [0.2, 0.25) is 0 Å². The van der Waals surface area contributed by atoms with E-state index in [4.69, 9.17) is 0 Å². The first kappa shape index (κ1) is 16.8. The van der Waals surface area contributed by atoms with E-state index in [1.54, 1.807) is 0 Å². The average molecular weight is 344 g/mol. The Kier molecular flexibility index (Phi) is 4.72. The summed E-state index contributed by atoms with van der Waals surface area (Å²) in [5.41, 5.74) is 2.14. The molecule has 3 aromatic carbocycles. The minimum absolute atomic E-state index is 0.146. The molecule has 1 saturated heterocycles. The van der Waals surface area contributed by atoms with Crippen molar-refractivity contribution >= 4 is 16.7 Å². The first-order valence-corrected chi connectivity index (χ1v) is 9.27. The summed E-state index contributed by atoms with van der Waals surface area (Å²) in [4.78, 5) is 17.6. The van der Waals surface area contributed by atoms with Crippen molar-refractivity contribution in [2.24, 2.45) is 0 Å². The summed E-state index contributed by atoms with van der Waals surface area (Å²) >= 11 is 0. The molecule has 1 aliphatic rings. The van der Waals surface area contributed by atoms with Gasteiger partial charge < -0.3 is 4.90 Å². The highest BCUT2D eigenvalue weighted by molar-refractivity contribution is 6.07. The first-order chi connectivity index (χ1) is 12.7. The maximum atomic E-state index is 13.1. The number of benzene rings is 3. The van der Waals surface area contributed by atoms with Gasteiger partial charge in [-0.3, -0.25) is 9.69 Å². The van der Waals surface area contributed by atoms with E-state index in [1.165, 1.54) is 5.56 Å². The zero-order chi connectivity index (χ0) is 17.9. The number of hydrogen-bond donors (Lipinski definition) is 0. The second-order valence-electron chi connectivity index (χ2n) is 7.08. The Labute approximate surface area is 154 Å². The fourth-order valence-electron chi connectivity index (χ4n) is 3.81. The van der Waals surface area contributed by atoms with E-state index in [2.05, 4.69) is 48.2 Å². The molecule has 132 valence electrons. The molecule has 1 atom stereocenters. The van der Waals surface area contributed by atoms with Gasteiger partial charge in [0.25, 0.3) is 5.91 Å². The summed E-state index contributed by atoms with van der Waals surface area (Å²) in [5, 5.41) is 2.16. The van der Waals surface area contributed by atoms with Gasteiger partial charge in [-0.25, -0.2) is 0 Å². The van der Waals surface area contributed by atoms with Gasteiger partial charge in [-0.2, -0.15) is 0 Å². The highest BCUT2D eigenvalue weighted by atomic mass is 16.2. The lowest BCUT2D eigenvalue weighted by Crippen LogP contribution is -2.53. The first-order valence-electron chi connectivity index (χ1n) is 9.27. The van der Waals surface area contributed by atoms with Crippen LogP contribution in [0.3, 0.4) is 0 Å². The van der Waals surface area contributed by atoms with E-state index >= 15 is 0 Å². The Morgan fingerprint density at radius 3 is 2.46 bits per heavy atom. The topological polar surface area (TPSA) is 23.6 Å². The minimum atomic E-state index is 0.146. The van der Waals surface area contributed by atoms with Crippen molar-refractivity contribution in [3.8, 4) is 0 Å². The van der Waals surface area contributed by atoms with Crippen LogP contribution in [-0.2, 0) is 6.54 Å². The van der Waals surface area contributed by atoms with Gasteiger partial charge in [0.15, 0.2) is 0 Å². The SMILES string of the molecule is CC1CN(C(=O)c2cccc3ccccc23)CCN1Cc1ccccc1. The molecular formula is C23H24N2O. The van der Waals surface area contributed by atoms with Gasteiger partial charge in [0.2, 0.25) is 0 Å². The molecule has 3 heteroatoms. The zero-order valence-electron chi connectivity index (χ0n) is 15.1. The van der Waals surface area contributed by atoms with Crippen LogP contribution in [0.15, 0.2) is 72.8 Å². The van der Waals surface area contributed by atoms with Crippen LogP contribution in [0.1, 0.15) is 22.8 Å². The molecule has 1 unspecified atom stereocenters. The maximum absolute atomic E-state index is 13.1. The molecular weight excluding hydrogens is 320 g/mol. The number of nitrogens with zero attached hydrogens (tertiary/aromatic N) is 2. The van der Waals surface area contributed by atoms with Crippen LogP contribution < -0.4 is 0 Å². The van der Waals surface area contributed by atoms with Gasteiger partial charge in [0, 0.05) is 37.8 Å². The van der Waals surface area contributed by atoms with Crippen LogP contribution in [0.25, 0.3) is 10.8 Å². The predicted octanol–water partition coefficient (Wildman–Crippen LogP) is 4.19. The Morgan fingerprint density at radius 2 is 1.65 bits per heavy atom. The lowest BCUT2D eigenvalue weighted by Gasteiger charge is -2.40. The number of hydrogen-bond acceptors (Lipinski definition) is 2. The molecule has 0 aliphatic carbocycles. The van der Waals surface area contributed by atoms with E-state index in [1.807, 2.05) is 41.3 Å². The monoisotopic (exact) mass is 344 g/mol. The average Bonchev–Trinajstić information content (AvgIpc) is 2.69. The molecule has 0 bridgehead atoms. The normalized spacial score (nSPS) is 18.2. The van der Waals surface area contributed by atoms with Crippen molar-refractivity contribution < 1.29 is 4.79 Å². The van der Waals surface area contributed by atoms with Crippen LogP contribution in [0.4, 0.5) is 0 Å². The van der Waals surface area contributed by atoms with Gasteiger partial charge in [0.1, 0.15) is 0 Å². The van der Waals surface area contributed by atoms with Crippen LogP contribution in [-0.4, -0.2) is 41.4 Å². The van der Waals surface area contributed by atoms with E-state index < -0.39 is 0 Å². The molecule has 0 radical (unpaired) electrons. The van der Waals surface area contributed by atoms with Gasteiger partial charge in [-0.1, -0.05) is 66.7 Å². The molecule has 0 saturated carbocycles. The molecule has 0 spiro atoms. The van der Waals surface area contributed by atoms with Crippen LogP contribution in [0.5, 0.6) is 0 Å². The Bertz CT molecular complexity index is 901. The van der Waals surface area contributed by atoms with Crippen molar-refractivity contribution in [2.75, 3.05) is 19.6 Å². The number of fused-ring (bicyclic) bond motifs is 1. The second kappa shape index (κ2) is 7.30. The molecule has 0 N–H and O–H groups in total. The molecule has 1 aliphatic heterocycles. The van der Waals surface area contributed by atoms with Crippen molar-refractivity contribution in [3.05, 3.63) is 83.9 Å². The van der Waals surface area contributed by atoms with Gasteiger partial charge >= 0.3 is 0 Å². The smallest absolute Gasteiger partial charge is 0.254 e.